The van der Waals surface area contributed by atoms with Crippen molar-refractivity contribution in [3.63, 3.8) is 0 Å². The molecule has 3 nitrogen and oxygen atoms in total. The Balaban J connectivity index is 2.76. The Morgan fingerprint density at radius 2 is 1.91 bits per heavy atom. The molecule has 1 rings (SSSR count). The molecule has 0 bridgehead atoms. The fourth-order valence-electron chi connectivity index (χ4n) is 0.750. The maximum absolute atomic E-state index is 8.43. The van der Waals surface area contributed by atoms with E-state index in [4.69, 9.17) is 11.2 Å². The number of benzene rings is 1. The molecule has 0 amide bonds. The molecule has 0 aliphatic carbocycles. The molecule has 11 heavy (non-hydrogen) atoms. The van der Waals surface area contributed by atoms with Crippen molar-refractivity contribution in [3.8, 4) is 6.07 Å². The third-order valence-electron chi connectivity index (χ3n) is 1.31. The highest BCUT2D eigenvalue weighted by molar-refractivity contribution is 5.31. The van der Waals surface area contributed by atoms with Crippen LogP contribution in [0.25, 0.3) is 0 Å². The predicted octanol–water partition coefficient (Wildman–Crippen LogP) is 1.06. The zero-order valence-corrected chi connectivity index (χ0v) is 5.82. The quantitative estimate of drug-likeness (QED) is 0.586. The number of hydrogen-bond donors (Lipinski definition) is 0. The molecule has 2 radical (unpaired) electrons. The lowest BCUT2D eigenvalue weighted by molar-refractivity contribution is 0.104. The van der Waals surface area contributed by atoms with E-state index in [1.807, 2.05) is 6.07 Å². The van der Waals surface area contributed by atoms with Crippen LogP contribution in [0, 0.1) is 11.3 Å². The van der Waals surface area contributed by atoms with Gasteiger partial charge >= 0.3 is 0 Å². The molecule has 0 fully saturated rings. The smallest absolute Gasteiger partial charge is 0.0991 e. The van der Waals surface area contributed by atoms with Gasteiger partial charge in [-0.3, -0.25) is 4.84 Å². The Hall–Kier alpha value is -1.37. The van der Waals surface area contributed by atoms with Gasteiger partial charge in [0.25, 0.3) is 0 Å². The molecule has 0 unspecified atom stereocenters. The van der Waals surface area contributed by atoms with Crippen molar-refractivity contribution in [1.82, 2.24) is 5.90 Å². The third kappa shape index (κ3) is 2.04. The van der Waals surface area contributed by atoms with Crippen molar-refractivity contribution < 1.29 is 4.84 Å². The summed E-state index contributed by atoms with van der Waals surface area (Å²) in [5.74, 6) is 8.08. The number of nitriles is 1. The first-order chi connectivity index (χ1) is 5.36. The molecule has 3 heteroatoms. The van der Waals surface area contributed by atoms with Crippen LogP contribution in [-0.2, 0) is 11.4 Å². The van der Waals surface area contributed by atoms with Gasteiger partial charge in [-0.15, -0.1) is 0 Å². The van der Waals surface area contributed by atoms with Gasteiger partial charge < -0.3 is 0 Å². The molecule has 0 aromatic heterocycles. The first kappa shape index (κ1) is 7.73. The van der Waals surface area contributed by atoms with Crippen molar-refractivity contribution in [2.24, 2.45) is 0 Å². The maximum Gasteiger partial charge on any atom is 0.0991 e. The van der Waals surface area contributed by atoms with E-state index in [1.54, 1.807) is 24.3 Å². The lowest BCUT2D eigenvalue weighted by Gasteiger charge is -1.95. The fourth-order valence-corrected chi connectivity index (χ4v) is 0.750. The summed E-state index contributed by atoms with van der Waals surface area (Å²) in [6, 6.07) is 8.80. The minimum absolute atomic E-state index is 0.158. The summed E-state index contributed by atoms with van der Waals surface area (Å²) in [6.45, 7) is 0.158. The van der Waals surface area contributed by atoms with E-state index in [0.29, 0.717) is 5.56 Å². The van der Waals surface area contributed by atoms with Crippen LogP contribution in [-0.4, -0.2) is 0 Å². The number of hydrogen-bond acceptors (Lipinski definition) is 2. The molecule has 0 saturated heterocycles. The van der Waals surface area contributed by atoms with Crippen LogP contribution >= 0.6 is 0 Å². The van der Waals surface area contributed by atoms with Crippen molar-refractivity contribution in [2.75, 3.05) is 0 Å². The zero-order valence-electron chi connectivity index (χ0n) is 5.82. The van der Waals surface area contributed by atoms with Gasteiger partial charge in [0.2, 0.25) is 0 Å². The monoisotopic (exact) mass is 146 g/mol. The van der Waals surface area contributed by atoms with E-state index in [0.717, 1.165) is 5.56 Å². The molecule has 0 spiro atoms. The lowest BCUT2D eigenvalue weighted by Crippen LogP contribution is -1.88. The Bertz CT molecular complexity index is 260. The molecule has 1 aromatic carbocycles. The summed E-state index contributed by atoms with van der Waals surface area (Å²) < 4.78 is 0. The second-order valence-electron chi connectivity index (χ2n) is 2.08. The van der Waals surface area contributed by atoms with E-state index in [-0.39, 0.29) is 6.61 Å². The first-order valence-corrected chi connectivity index (χ1v) is 3.12. The first-order valence-electron chi connectivity index (χ1n) is 3.12. The molecular formula is C8H6N2O. The summed E-state index contributed by atoms with van der Waals surface area (Å²) in [7, 11) is 0. The second kappa shape index (κ2) is 3.71. The van der Waals surface area contributed by atoms with E-state index in [1.165, 1.54) is 0 Å². The van der Waals surface area contributed by atoms with Gasteiger partial charge in [-0.1, -0.05) is 12.1 Å². The predicted molar refractivity (Wildman–Crippen MR) is 38.1 cm³/mol. The van der Waals surface area contributed by atoms with Crippen LogP contribution in [0.15, 0.2) is 24.3 Å². The highest BCUT2D eigenvalue weighted by atomic mass is 16.6. The Morgan fingerprint density at radius 1 is 1.27 bits per heavy atom. The summed E-state index contributed by atoms with van der Waals surface area (Å²) in [5.41, 5.74) is 1.44. The highest BCUT2D eigenvalue weighted by Gasteiger charge is 1.92. The van der Waals surface area contributed by atoms with Crippen molar-refractivity contribution >= 4 is 0 Å². The topological polar surface area (TPSA) is 55.3 Å². The van der Waals surface area contributed by atoms with Gasteiger partial charge in [-0.2, -0.15) is 5.26 Å². The maximum atomic E-state index is 8.43. The van der Waals surface area contributed by atoms with Crippen LogP contribution in [0.5, 0.6) is 0 Å². The molecule has 0 saturated carbocycles. The minimum Gasteiger partial charge on any atom is -0.259 e. The van der Waals surface area contributed by atoms with E-state index in [2.05, 4.69) is 4.84 Å². The summed E-state index contributed by atoms with van der Waals surface area (Å²) in [4.78, 5) is 3.92. The third-order valence-corrected chi connectivity index (χ3v) is 1.31. The van der Waals surface area contributed by atoms with Gasteiger partial charge in [0, 0.05) is 5.90 Å². The van der Waals surface area contributed by atoms with Crippen LogP contribution < -0.4 is 5.90 Å². The Labute approximate surface area is 65.0 Å². The SMILES string of the molecule is [N]OCc1ccc(C#N)cc1. The molecule has 0 heterocycles. The van der Waals surface area contributed by atoms with Gasteiger partial charge in [-0.25, -0.2) is 0 Å². The van der Waals surface area contributed by atoms with Gasteiger partial charge in [0.1, 0.15) is 0 Å². The van der Waals surface area contributed by atoms with Crippen molar-refractivity contribution in [3.05, 3.63) is 35.4 Å². The van der Waals surface area contributed by atoms with Gasteiger partial charge in [-0.05, 0) is 17.7 Å². The molecule has 0 atom stereocenters. The largest absolute Gasteiger partial charge is 0.259 e. The second-order valence-corrected chi connectivity index (χ2v) is 2.08. The highest BCUT2D eigenvalue weighted by Crippen LogP contribution is 2.03. The number of nitrogens with zero attached hydrogens (tertiary/aromatic N) is 2. The molecule has 0 N–H and O–H groups in total. The molecular weight excluding hydrogens is 140 g/mol. The summed E-state index contributed by atoms with van der Waals surface area (Å²) >= 11 is 0. The van der Waals surface area contributed by atoms with Gasteiger partial charge in [0.15, 0.2) is 0 Å². The van der Waals surface area contributed by atoms with Crippen LogP contribution in [0.2, 0.25) is 0 Å². The van der Waals surface area contributed by atoms with E-state index in [9.17, 15) is 0 Å². The van der Waals surface area contributed by atoms with Crippen LogP contribution in [0.3, 0.4) is 0 Å². The lowest BCUT2D eigenvalue weighted by atomic mass is 10.2. The van der Waals surface area contributed by atoms with Crippen molar-refractivity contribution in [1.29, 1.82) is 5.26 Å². The van der Waals surface area contributed by atoms with E-state index < -0.39 is 0 Å². The van der Waals surface area contributed by atoms with Crippen molar-refractivity contribution in [2.45, 2.75) is 6.61 Å². The Morgan fingerprint density at radius 3 is 2.36 bits per heavy atom. The average Bonchev–Trinajstić information content (AvgIpc) is 2.07. The molecule has 54 valence electrons. The molecule has 0 aliphatic heterocycles. The average molecular weight is 146 g/mol. The number of rotatable bonds is 2. The van der Waals surface area contributed by atoms with Crippen LogP contribution in [0.1, 0.15) is 11.1 Å². The van der Waals surface area contributed by atoms with E-state index >= 15 is 0 Å². The minimum atomic E-state index is 0.158. The molecule has 1 aromatic rings. The molecule has 0 aliphatic rings. The van der Waals surface area contributed by atoms with Crippen LogP contribution in [0.4, 0.5) is 0 Å². The Kier molecular flexibility index (Phi) is 2.61. The van der Waals surface area contributed by atoms with Gasteiger partial charge in [0.05, 0.1) is 18.2 Å². The normalized spacial score (nSPS) is 9.09. The fraction of sp³-hybridized carbons (Fsp3) is 0.125. The zero-order chi connectivity index (χ0) is 8.10. The summed E-state index contributed by atoms with van der Waals surface area (Å²) in [5, 5.41) is 8.43. The standard InChI is InChI=1S/C8H6N2O/c9-5-7-1-3-8(4-2-7)6-11-10/h1-4H,6H2. The summed E-state index contributed by atoms with van der Waals surface area (Å²) in [6.07, 6.45) is 0.